The van der Waals surface area contributed by atoms with Crippen LogP contribution in [0.25, 0.3) is 0 Å². The minimum atomic E-state index is -0.142. The largest absolute Gasteiger partial charge is 0.352 e. The zero-order chi connectivity index (χ0) is 8.27. The first kappa shape index (κ1) is 7.78. The Morgan fingerprint density at radius 3 is 3.09 bits per heavy atom. The van der Waals surface area contributed by atoms with Crippen molar-refractivity contribution in [3.05, 3.63) is 18.2 Å². The van der Waals surface area contributed by atoms with Gasteiger partial charge in [0.25, 0.3) is 5.91 Å². The van der Waals surface area contributed by atoms with Crippen LogP contribution in [0.1, 0.15) is 17.5 Å². The van der Waals surface area contributed by atoms with E-state index in [1.54, 1.807) is 24.0 Å². The first-order valence-corrected chi connectivity index (χ1v) is 3.52. The third kappa shape index (κ3) is 1.39. The van der Waals surface area contributed by atoms with Crippen molar-refractivity contribution in [3.63, 3.8) is 0 Å². The Hall–Kier alpha value is -1.32. The van der Waals surface area contributed by atoms with E-state index in [1.165, 1.54) is 0 Å². The summed E-state index contributed by atoms with van der Waals surface area (Å²) in [5.74, 6) is 0.326. The van der Waals surface area contributed by atoms with Crippen LogP contribution in [0.15, 0.2) is 12.4 Å². The number of nitrogens with one attached hydrogen (secondary N) is 1. The van der Waals surface area contributed by atoms with E-state index in [1.807, 2.05) is 6.92 Å². The second-order valence-corrected chi connectivity index (χ2v) is 2.12. The number of aromatic nitrogens is 2. The molecule has 1 aromatic rings. The monoisotopic (exact) mass is 153 g/mol. The van der Waals surface area contributed by atoms with Crippen LogP contribution in [0.5, 0.6) is 0 Å². The van der Waals surface area contributed by atoms with E-state index in [9.17, 15) is 4.79 Å². The molecule has 0 aliphatic rings. The van der Waals surface area contributed by atoms with Gasteiger partial charge in [-0.05, 0) is 6.92 Å². The molecule has 1 rings (SSSR count). The van der Waals surface area contributed by atoms with Crippen LogP contribution >= 0.6 is 0 Å². The van der Waals surface area contributed by atoms with Gasteiger partial charge in [-0.15, -0.1) is 0 Å². The van der Waals surface area contributed by atoms with Crippen LogP contribution in [0.2, 0.25) is 0 Å². The lowest BCUT2D eigenvalue weighted by Crippen LogP contribution is -2.22. The Morgan fingerprint density at radius 2 is 2.55 bits per heavy atom. The molecular formula is C7H11N3O. The molecule has 0 aliphatic heterocycles. The molecule has 1 N–H and O–H groups in total. The number of carbonyl (C=O) groups excluding carboxylic acids is 1. The van der Waals surface area contributed by atoms with Gasteiger partial charge in [0.2, 0.25) is 0 Å². The highest BCUT2D eigenvalue weighted by Crippen LogP contribution is 1.95. The highest BCUT2D eigenvalue weighted by Gasteiger charge is 2.08. The van der Waals surface area contributed by atoms with Crippen molar-refractivity contribution < 1.29 is 4.79 Å². The number of carbonyl (C=O) groups is 1. The molecule has 11 heavy (non-hydrogen) atoms. The fourth-order valence-corrected chi connectivity index (χ4v) is 0.885. The zero-order valence-electron chi connectivity index (χ0n) is 6.66. The second-order valence-electron chi connectivity index (χ2n) is 2.12. The van der Waals surface area contributed by atoms with Crippen molar-refractivity contribution in [2.45, 2.75) is 13.5 Å². The number of amides is 1. The molecule has 1 amide bonds. The van der Waals surface area contributed by atoms with Crippen LogP contribution in [0.4, 0.5) is 0 Å². The Morgan fingerprint density at radius 1 is 1.82 bits per heavy atom. The van der Waals surface area contributed by atoms with Crippen LogP contribution in [0, 0.1) is 0 Å². The van der Waals surface area contributed by atoms with Crippen molar-refractivity contribution in [3.8, 4) is 0 Å². The number of aryl methyl sites for hydroxylation is 1. The van der Waals surface area contributed by atoms with Gasteiger partial charge in [-0.3, -0.25) is 4.79 Å². The molecule has 0 radical (unpaired) electrons. The molecule has 0 atom stereocenters. The molecule has 0 unspecified atom stereocenters. The Labute approximate surface area is 65.2 Å². The molecule has 1 heterocycles. The normalized spacial score (nSPS) is 9.64. The number of rotatable bonds is 2. The lowest BCUT2D eigenvalue weighted by molar-refractivity contribution is 0.0948. The van der Waals surface area contributed by atoms with E-state index >= 15 is 0 Å². The maximum Gasteiger partial charge on any atom is 0.287 e. The summed E-state index contributed by atoms with van der Waals surface area (Å²) < 4.78 is 1.79. The minimum Gasteiger partial charge on any atom is -0.352 e. The standard InChI is InChI=1S/C7H11N3O/c1-3-10-5-4-9-6(10)7(11)8-2/h4-5H,3H2,1-2H3,(H,8,11). The van der Waals surface area contributed by atoms with Gasteiger partial charge >= 0.3 is 0 Å². The van der Waals surface area contributed by atoms with Crippen molar-refractivity contribution in [1.29, 1.82) is 0 Å². The van der Waals surface area contributed by atoms with Gasteiger partial charge in [-0.1, -0.05) is 0 Å². The number of nitrogens with zero attached hydrogens (tertiary/aromatic N) is 2. The molecule has 1 aromatic heterocycles. The molecule has 0 aliphatic carbocycles. The third-order valence-electron chi connectivity index (χ3n) is 1.49. The first-order valence-electron chi connectivity index (χ1n) is 3.52. The second kappa shape index (κ2) is 3.18. The Kier molecular flexibility index (Phi) is 2.25. The maximum absolute atomic E-state index is 11.1. The average Bonchev–Trinajstić information content (AvgIpc) is 2.50. The van der Waals surface area contributed by atoms with Gasteiger partial charge in [0.1, 0.15) is 0 Å². The summed E-state index contributed by atoms with van der Waals surface area (Å²) in [4.78, 5) is 15.0. The number of hydrogen-bond donors (Lipinski definition) is 1. The quantitative estimate of drug-likeness (QED) is 0.662. The van der Waals surface area contributed by atoms with Crippen molar-refractivity contribution in [2.24, 2.45) is 0 Å². The van der Waals surface area contributed by atoms with Crippen molar-refractivity contribution in [1.82, 2.24) is 14.9 Å². The highest BCUT2D eigenvalue weighted by atomic mass is 16.2. The van der Waals surface area contributed by atoms with Gasteiger partial charge in [-0.2, -0.15) is 0 Å². The summed E-state index contributed by atoms with van der Waals surface area (Å²) >= 11 is 0. The van der Waals surface area contributed by atoms with Gasteiger partial charge in [0.15, 0.2) is 5.82 Å². The fourth-order valence-electron chi connectivity index (χ4n) is 0.885. The predicted octanol–water partition coefficient (Wildman–Crippen LogP) is 0.263. The van der Waals surface area contributed by atoms with E-state index in [-0.39, 0.29) is 5.91 Å². The highest BCUT2D eigenvalue weighted by molar-refractivity contribution is 5.90. The minimum absolute atomic E-state index is 0.142. The smallest absolute Gasteiger partial charge is 0.287 e. The molecule has 0 saturated carbocycles. The average molecular weight is 153 g/mol. The van der Waals surface area contributed by atoms with Gasteiger partial charge in [0.05, 0.1) is 0 Å². The molecule has 60 valence electrons. The van der Waals surface area contributed by atoms with Gasteiger partial charge < -0.3 is 9.88 Å². The zero-order valence-corrected chi connectivity index (χ0v) is 6.66. The summed E-state index contributed by atoms with van der Waals surface area (Å²) in [6.07, 6.45) is 3.40. The summed E-state index contributed by atoms with van der Waals surface area (Å²) in [6.45, 7) is 2.73. The molecule has 0 bridgehead atoms. The van der Waals surface area contributed by atoms with Crippen molar-refractivity contribution in [2.75, 3.05) is 7.05 Å². The summed E-state index contributed by atoms with van der Waals surface area (Å²) in [5.41, 5.74) is 0. The summed E-state index contributed by atoms with van der Waals surface area (Å²) in [7, 11) is 1.59. The summed E-state index contributed by atoms with van der Waals surface area (Å²) in [5, 5.41) is 2.52. The van der Waals surface area contributed by atoms with E-state index in [0.29, 0.717) is 5.82 Å². The van der Waals surface area contributed by atoms with Gasteiger partial charge in [0, 0.05) is 26.0 Å². The third-order valence-corrected chi connectivity index (χ3v) is 1.49. The molecule has 0 fully saturated rings. The lowest BCUT2D eigenvalue weighted by atomic mass is 10.5. The summed E-state index contributed by atoms with van der Waals surface area (Å²) in [6, 6.07) is 0. The topological polar surface area (TPSA) is 46.9 Å². The van der Waals surface area contributed by atoms with Gasteiger partial charge in [-0.25, -0.2) is 4.98 Å². The molecule has 0 aromatic carbocycles. The van der Waals surface area contributed by atoms with E-state index < -0.39 is 0 Å². The maximum atomic E-state index is 11.1. The fraction of sp³-hybridized carbons (Fsp3) is 0.429. The van der Waals surface area contributed by atoms with Crippen LogP contribution in [-0.4, -0.2) is 22.5 Å². The molecule has 4 nitrogen and oxygen atoms in total. The Bertz CT molecular complexity index is 254. The van der Waals surface area contributed by atoms with E-state index in [0.717, 1.165) is 6.54 Å². The molecular weight excluding hydrogens is 142 g/mol. The van der Waals surface area contributed by atoms with Crippen LogP contribution < -0.4 is 5.32 Å². The molecule has 0 spiro atoms. The van der Waals surface area contributed by atoms with E-state index in [2.05, 4.69) is 10.3 Å². The van der Waals surface area contributed by atoms with Crippen LogP contribution in [0.3, 0.4) is 0 Å². The molecule has 4 heteroatoms. The number of imidazole rings is 1. The van der Waals surface area contributed by atoms with Crippen LogP contribution in [-0.2, 0) is 6.54 Å². The number of hydrogen-bond acceptors (Lipinski definition) is 2. The predicted molar refractivity (Wildman–Crippen MR) is 41.3 cm³/mol. The van der Waals surface area contributed by atoms with Crippen molar-refractivity contribution >= 4 is 5.91 Å². The lowest BCUT2D eigenvalue weighted by Gasteiger charge is -2.01. The first-order chi connectivity index (χ1) is 5.29. The van der Waals surface area contributed by atoms with E-state index in [4.69, 9.17) is 0 Å². The molecule has 0 saturated heterocycles. The SMILES string of the molecule is CCn1ccnc1C(=O)NC. The Balaban J connectivity index is 2.92.